The Hall–Kier alpha value is 0.617. The van der Waals surface area contributed by atoms with E-state index in [1.807, 2.05) is 0 Å². The molecule has 2 aliphatic rings. The number of thioether (sulfide) groups is 2. The lowest BCUT2D eigenvalue weighted by molar-refractivity contribution is 0.380. The lowest BCUT2D eigenvalue weighted by Crippen LogP contribution is -2.49. The fraction of sp³-hybridized carbons (Fsp3) is 0.846. The lowest BCUT2D eigenvalue weighted by Gasteiger charge is -2.45. The molecule has 0 N–H and O–H groups in total. The zero-order chi connectivity index (χ0) is 12.5. The van der Waals surface area contributed by atoms with Gasteiger partial charge in [0.25, 0.3) is 0 Å². The summed E-state index contributed by atoms with van der Waals surface area (Å²) in [5.41, 5.74) is 0. The van der Waals surface area contributed by atoms with E-state index in [0.717, 1.165) is 0 Å². The topological polar surface area (TPSA) is 12.5 Å². The number of allylic oxidation sites excluding steroid dienone is 1. The summed E-state index contributed by atoms with van der Waals surface area (Å²) < 4.78 is 6.28. The van der Waals surface area contributed by atoms with Gasteiger partial charge in [0.15, 0.2) is 0 Å². The monoisotopic (exact) mass is 288 g/mol. The summed E-state index contributed by atoms with van der Waals surface area (Å²) in [7, 11) is -1.16. The van der Waals surface area contributed by atoms with Gasteiger partial charge < -0.3 is 4.74 Å². The van der Waals surface area contributed by atoms with E-state index >= 15 is 0 Å². The van der Waals surface area contributed by atoms with Crippen molar-refractivity contribution in [2.75, 3.05) is 11.5 Å². The SMILES string of the molecule is C/C=C\[C@@H]1O[C@H]1CC1([Si](C)(C)C)SCCCS1. The number of epoxide rings is 1. The maximum atomic E-state index is 5.79. The Kier molecular flexibility index (Phi) is 4.39. The van der Waals surface area contributed by atoms with Gasteiger partial charge >= 0.3 is 0 Å². The van der Waals surface area contributed by atoms with Gasteiger partial charge in [-0.15, -0.1) is 23.5 Å². The molecule has 1 nitrogen and oxygen atoms in total. The van der Waals surface area contributed by atoms with Crippen molar-refractivity contribution in [3.05, 3.63) is 12.2 Å². The van der Waals surface area contributed by atoms with Crippen LogP contribution < -0.4 is 0 Å². The summed E-state index contributed by atoms with van der Waals surface area (Å²) in [5, 5.41) is 0. The van der Waals surface area contributed by atoms with Crippen LogP contribution in [0.15, 0.2) is 12.2 Å². The van der Waals surface area contributed by atoms with Crippen molar-refractivity contribution in [2.45, 2.75) is 55.3 Å². The minimum absolute atomic E-state index is 0.413. The first-order valence-electron chi connectivity index (χ1n) is 6.55. The number of hydrogen-bond acceptors (Lipinski definition) is 3. The van der Waals surface area contributed by atoms with E-state index in [0.29, 0.717) is 15.9 Å². The molecule has 0 radical (unpaired) electrons. The average molecular weight is 289 g/mol. The Balaban J connectivity index is 2.02. The van der Waals surface area contributed by atoms with Crippen LogP contribution in [-0.2, 0) is 4.74 Å². The van der Waals surface area contributed by atoms with Gasteiger partial charge in [-0.25, -0.2) is 0 Å². The Morgan fingerprint density at radius 1 is 1.29 bits per heavy atom. The fourth-order valence-corrected chi connectivity index (χ4v) is 10.1. The second kappa shape index (κ2) is 5.31. The maximum absolute atomic E-state index is 5.79. The molecular weight excluding hydrogens is 264 g/mol. The zero-order valence-corrected chi connectivity index (χ0v) is 14.0. The summed E-state index contributed by atoms with van der Waals surface area (Å²) in [6.07, 6.45) is 7.87. The first kappa shape index (κ1) is 14.0. The molecule has 0 unspecified atom stereocenters. The minimum atomic E-state index is -1.16. The Bertz CT molecular complexity index is 292. The van der Waals surface area contributed by atoms with E-state index in [1.165, 1.54) is 24.3 Å². The Morgan fingerprint density at radius 2 is 1.94 bits per heavy atom. The molecule has 2 atom stereocenters. The summed E-state index contributed by atoms with van der Waals surface area (Å²) in [6.45, 7) is 9.64. The average Bonchev–Trinajstić information content (AvgIpc) is 2.97. The Labute approximate surface area is 115 Å². The number of hydrogen-bond donors (Lipinski definition) is 0. The molecule has 2 saturated heterocycles. The van der Waals surface area contributed by atoms with Crippen LogP contribution in [0, 0.1) is 0 Å². The van der Waals surface area contributed by atoms with Crippen LogP contribution >= 0.6 is 23.5 Å². The molecule has 0 saturated carbocycles. The highest BCUT2D eigenvalue weighted by atomic mass is 32.2. The van der Waals surface area contributed by atoms with Gasteiger partial charge in [0.1, 0.15) is 6.10 Å². The third kappa shape index (κ3) is 3.14. The van der Waals surface area contributed by atoms with Gasteiger partial charge in [-0.2, -0.15) is 0 Å². The third-order valence-electron chi connectivity index (χ3n) is 3.58. The predicted octanol–water partition coefficient (Wildman–Crippen LogP) is 4.16. The van der Waals surface area contributed by atoms with Crippen molar-refractivity contribution in [3.8, 4) is 0 Å². The standard InChI is InChI=1S/C13H24OS2Si/c1-5-7-11-12(14-11)10-13(17(2,3)4)15-8-6-9-16-13/h5,7,11-12H,6,8-10H2,1-4H3/b7-5-/t11-,12-/m0/s1. The van der Waals surface area contributed by atoms with Crippen LogP contribution in [0.25, 0.3) is 0 Å². The highest BCUT2D eigenvalue weighted by Gasteiger charge is 2.51. The first-order valence-corrected chi connectivity index (χ1v) is 12.0. The van der Waals surface area contributed by atoms with Crippen molar-refractivity contribution in [1.82, 2.24) is 0 Å². The molecule has 0 aliphatic carbocycles. The van der Waals surface area contributed by atoms with Crippen LogP contribution in [0.2, 0.25) is 19.6 Å². The smallest absolute Gasteiger partial charge is 0.102 e. The molecule has 0 aromatic rings. The molecule has 98 valence electrons. The van der Waals surface area contributed by atoms with Gasteiger partial charge in [0.05, 0.1) is 17.9 Å². The maximum Gasteiger partial charge on any atom is 0.102 e. The quantitative estimate of drug-likeness (QED) is 0.438. The lowest BCUT2D eigenvalue weighted by atomic mass is 10.2. The summed E-state index contributed by atoms with van der Waals surface area (Å²) in [5.74, 6) is 2.69. The molecule has 0 amide bonds. The van der Waals surface area contributed by atoms with Crippen molar-refractivity contribution in [1.29, 1.82) is 0 Å². The van der Waals surface area contributed by atoms with Crippen molar-refractivity contribution >= 4 is 31.6 Å². The molecule has 0 bridgehead atoms. The molecular formula is C13H24OS2Si. The van der Waals surface area contributed by atoms with Crippen LogP contribution in [0.1, 0.15) is 19.8 Å². The minimum Gasteiger partial charge on any atom is -0.365 e. The van der Waals surface area contributed by atoms with Crippen LogP contribution in [0.4, 0.5) is 0 Å². The van der Waals surface area contributed by atoms with Gasteiger partial charge in [0, 0.05) is 0 Å². The van der Waals surface area contributed by atoms with E-state index in [1.54, 1.807) is 0 Å². The van der Waals surface area contributed by atoms with E-state index in [-0.39, 0.29) is 0 Å². The third-order valence-corrected chi connectivity index (χ3v) is 13.6. The van der Waals surface area contributed by atoms with Crippen molar-refractivity contribution in [3.63, 3.8) is 0 Å². The highest BCUT2D eigenvalue weighted by molar-refractivity contribution is 8.21. The zero-order valence-electron chi connectivity index (χ0n) is 11.4. The summed E-state index contributed by atoms with van der Waals surface area (Å²) in [4.78, 5) is 0. The molecule has 0 aromatic carbocycles. The second-order valence-electron chi connectivity index (χ2n) is 5.92. The van der Waals surface area contributed by atoms with Crippen LogP contribution in [0.5, 0.6) is 0 Å². The highest BCUT2D eigenvalue weighted by Crippen LogP contribution is 2.53. The van der Waals surface area contributed by atoms with E-state index in [9.17, 15) is 0 Å². The number of rotatable bonds is 4. The van der Waals surface area contributed by atoms with Crippen molar-refractivity contribution < 1.29 is 4.74 Å². The Morgan fingerprint density at radius 3 is 2.47 bits per heavy atom. The van der Waals surface area contributed by atoms with Crippen LogP contribution in [0.3, 0.4) is 0 Å². The molecule has 17 heavy (non-hydrogen) atoms. The van der Waals surface area contributed by atoms with E-state index in [2.05, 4.69) is 62.2 Å². The van der Waals surface area contributed by atoms with E-state index < -0.39 is 8.07 Å². The van der Waals surface area contributed by atoms with Gasteiger partial charge in [-0.3, -0.25) is 0 Å². The van der Waals surface area contributed by atoms with Gasteiger partial charge in [-0.05, 0) is 31.3 Å². The predicted molar refractivity (Wildman–Crippen MR) is 83.7 cm³/mol. The fourth-order valence-electron chi connectivity index (χ4n) is 2.38. The molecule has 0 spiro atoms. The summed E-state index contributed by atoms with van der Waals surface area (Å²) >= 11 is 4.45. The molecule has 4 heteroatoms. The van der Waals surface area contributed by atoms with Crippen LogP contribution in [-0.4, -0.2) is 35.5 Å². The second-order valence-corrected chi connectivity index (χ2v) is 15.0. The van der Waals surface area contributed by atoms with Crippen molar-refractivity contribution in [2.24, 2.45) is 0 Å². The van der Waals surface area contributed by atoms with Gasteiger partial charge in [0.2, 0.25) is 0 Å². The summed E-state index contributed by atoms with van der Waals surface area (Å²) in [6, 6.07) is 0. The van der Waals surface area contributed by atoms with Gasteiger partial charge in [-0.1, -0.05) is 31.8 Å². The largest absolute Gasteiger partial charge is 0.365 e. The number of ether oxygens (including phenoxy) is 1. The molecule has 2 heterocycles. The normalized spacial score (nSPS) is 32.9. The molecule has 0 aromatic heterocycles. The molecule has 2 aliphatic heterocycles. The van der Waals surface area contributed by atoms with E-state index in [4.69, 9.17) is 4.74 Å². The first-order chi connectivity index (χ1) is 7.98. The molecule has 2 rings (SSSR count). The molecule has 2 fully saturated rings.